The van der Waals surface area contributed by atoms with E-state index in [1.165, 1.54) is 63.0 Å². The van der Waals surface area contributed by atoms with Gasteiger partial charge in [0.25, 0.3) is 11.7 Å². The lowest BCUT2D eigenvalue weighted by Crippen LogP contribution is -2.29. The number of hydrogen-bond acceptors (Lipinski definition) is 8. The first kappa shape index (κ1) is 25.2. The van der Waals surface area contributed by atoms with Crippen molar-refractivity contribution in [2.45, 2.75) is 10.9 Å². The van der Waals surface area contributed by atoms with Crippen molar-refractivity contribution >= 4 is 44.8 Å². The van der Waals surface area contributed by atoms with Gasteiger partial charge in [0.15, 0.2) is 0 Å². The summed E-state index contributed by atoms with van der Waals surface area (Å²) in [6.07, 6.45) is 2.97. The number of methoxy groups -OCH3 is 2. The zero-order valence-electron chi connectivity index (χ0n) is 19.0. The minimum Gasteiger partial charge on any atom is -0.507 e. The number of ether oxygens (including phenoxy) is 2. The molecule has 1 fully saturated rings. The molecule has 186 valence electrons. The number of carbonyl (C=O) groups is 2. The second-order valence-electron chi connectivity index (χ2n) is 7.68. The number of aromatic nitrogens is 1. The molecule has 0 aliphatic carbocycles. The van der Waals surface area contributed by atoms with Crippen LogP contribution in [0.15, 0.2) is 71.4 Å². The van der Waals surface area contributed by atoms with Gasteiger partial charge in [-0.25, -0.2) is 13.6 Å². The van der Waals surface area contributed by atoms with Crippen molar-refractivity contribution in [2.24, 2.45) is 5.14 Å². The molecule has 0 bridgehead atoms. The molecule has 36 heavy (non-hydrogen) atoms. The van der Waals surface area contributed by atoms with Gasteiger partial charge in [0.1, 0.15) is 17.3 Å². The average molecular weight is 530 g/mol. The highest BCUT2D eigenvalue weighted by Crippen LogP contribution is 2.44. The van der Waals surface area contributed by atoms with Crippen molar-refractivity contribution in [3.63, 3.8) is 0 Å². The van der Waals surface area contributed by atoms with Crippen molar-refractivity contribution in [1.29, 1.82) is 0 Å². The van der Waals surface area contributed by atoms with Gasteiger partial charge in [-0.1, -0.05) is 17.7 Å². The number of aliphatic hydroxyl groups excluding tert-OH is 1. The maximum absolute atomic E-state index is 13.3. The number of primary sulfonamides is 1. The summed E-state index contributed by atoms with van der Waals surface area (Å²) in [5.74, 6) is -1.99. The smallest absolute Gasteiger partial charge is 0.300 e. The van der Waals surface area contributed by atoms with Crippen LogP contribution in [0.5, 0.6) is 11.5 Å². The number of nitrogens with zero attached hydrogens (tertiary/aromatic N) is 2. The fraction of sp³-hybridized carbons (Fsp3) is 0.125. The van der Waals surface area contributed by atoms with Crippen LogP contribution in [0.25, 0.3) is 5.76 Å². The Bertz CT molecular complexity index is 1490. The summed E-state index contributed by atoms with van der Waals surface area (Å²) < 4.78 is 33.9. The lowest BCUT2D eigenvalue weighted by molar-refractivity contribution is -0.132. The zero-order valence-corrected chi connectivity index (χ0v) is 20.6. The van der Waals surface area contributed by atoms with E-state index in [1.54, 1.807) is 12.1 Å². The van der Waals surface area contributed by atoms with E-state index in [0.717, 1.165) is 4.90 Å². The predicted molar refractivity (Wildman–Crippen MR) is 131 cm³/mol. The summed E-state index contributed by atoms with van der Waals surface area (Å²) in [6.45, 7) is 0. The lowest BCUT2D eigenvalue weighted by Gasteiger charge is -2.25. The summed E-state index contributed by atoms with van der Waals surface area (Å²) in [4.78, 5) is 31.6. The summed E-state index contributed by atoms with van der Waals surface area (Å²) in [5, 5.41) is 16.7. The molecule has 10 nitrogen and oxygen atoms in total. The van der Waals surface area contributed by atoms with Gasteiger partial charge in [-0.05, 0) is 42.0 Å². The molecule has 0 saturated carbocycles. The number of pyridine rings is 1. The lowest BCUT2D eigenvalue weighted by atomic mass is 9.95. The van der Waals surface area contributed by atoms with Crippen molar-refractivity contribution in [3.8, 4) is 11.5 Å². The Hall–Kier alpha value is -3.93. The third-order valence-corrected chi connectivity index (χ3v) is 6.84. The Labute approximate surface area is 211 Å². The maximum atomic E-state index is 13.3. The van der Waals surface area contributed by atoms with Crippen LogP contribution >= 0.6 is 11.6 Å². The molecule has 12 heteroatoms. The van der Waals surface area contributed by atoms with Gasteiger partial charge in [0.2, 0.25) is 10.0 Å². The van der Waals surface area contributed by atoms with E-state index < -0.39 is 33.5 Å². The Morgan fingerprint density at radius 1 is 1.08 bits per heavy atom. The molecule has 0 spiro atoms. The number of halogens is 1. The largest absolute Gasteiger partial charge is 0.507 e. The van der Waals surface area contributed by atoms with E-state index in [-0.39, 0.29) is 38.2 Å². The number of hydrogen-bond donors (Lipinski definition) is 2. The molecule has 1 aliphatic heterocycles. The van der Waals surface area contributed by atoms with Crippen LogP contribution in [0.2, 0.25) is 5.02 Å². The van der Waals surface area contributed by atoms with Crippen molar-refractivity contribution in [2.75, 3.05) is 19.1 Å². The van der Waals surface area contributed by atoms with Gasteiger partial charge in [0.05, 0.1) is 41.3 Å². The Kier molecular flexibility index (Phi) is 6.72. The molecule has 1 unspecified atom stereocenters. The van der Waals surface area contributed by atoms with Gasteiger partial charge in [-0.3, -0.25) is 19.5 Å². The highest BCUT2D eigenvalue weighted by Gasteiger charge is 2.47. The highest BCUT2D eigenvalue weighted by molar-refractivity contribution is 7.89. The summed E-state index contributed by atoms with van der Waals surface area (Å²) >= 11 is 6.26. The second kappa shape index (κ2) is 9.61. The molecule has 3 N–H and O–H groups in total. The number of nitrogens with two attached hydrogens (primary N) is 1. The number of ketones is 1. The van der Waals surface area contributed by atoms with Crippen molar-refractivity contribution < 1.29 is 32.6 Å². The van der Waals surface area contributed by atoms with Crippen LogP contribution in [0, 0.1) is 0 Å². The number of carbonyl (C=O) groups excluding carboxylic acids is 2. The van der Waals surface area contributed by atoms with Gasteiger partial charge in [0, 0.05) is 24.1 Å². The Morgan fingerprint density at radius 3 is 2.31 bits per heavy atom. The highest BCUT2D eigenvalue weighted by atomic mass is 35.5. The molecule has 2 aromatic carbocycles. The zero-order chi connectivity index (χ0) is 26.2. The molecule has 3 aromatic rings. The maximum Gasteiger partial charge on any atom is 0.300 e. The first-order chi connectivity index (χ1) is 17.1. The average Bonchev–Trinajstić information content (AvgIpc) is 3.13. The van der Waals surface area contributed by atoms with E-state index in [9.17, 15) is 23.1 Å². The quantitative estimate of drug-likeness (QED) is 0.281. The molecule has 1 aromatic heterocycles. The molecule has 1 amide bonds. The molecule has 1 atom stereocenters. The number of sulfonamides is 1. The molecular formula is C24H20ClN3O7S. The second-order valence-corrected chi connectivity index (χ2v) is 9.65. The predicted octanol–water partition coefficient (Wildman–Crippen LogP) is 3.03. The molecule has 1 saturated heterocycles. The van der Waals surface area contributed by atoms with Crippen LogP contribution in [-0.2, 0) is 19.6 Å². The van der Waals surface area contributed by atoms with E-state index >= 15 is 0 Å². The topological polar surface area (TPSA) is 149 Å². The number of aliphatic hydroxyl groups is 1. The van der Waals surface area contributed by atoms with E-state index in [2.05, 4.69) is 4.98 Å². The van der Waals surface area contributed by atoms with E-state index in [1.807, 2.05) is 0 Å². The van der Waals surface area contributed by atoms with Gasteiger partial charge in [-0.15, -0.1) is 0 Å². The Balaban J connectivity index is 1.95. The minimum absolute atomic E-state index is 0.0692. The summed E-state index contributed by atoms with van der Waals surface area (Å²) in [5.41, 5.74) is 0.465. The third kappa shape index (κ3) is 4.39. The monoisotopic (exact) mass is 529 g/mol. The van der Waals surface area contributed by atoms with Crippen molar-refractivity contribution in [1.82, 2.24) is 4.98 Å². The molecule has 1 aliphatic rings. The SMILES string of the molecule is COc1cc(OC)c(/C(O)=C2\C(=O)C(=O)N(c3ccc(S(N)(=O)=O)cc3)C2c2cccnc2)cc1Cl. The molecule has 0 radical (unpaired) electrons. The number of benzene rings is 2. The van der Waals surface area contributed by atoms with Gasteiger partial charge in [-0.2, -0.15) is 0 Å². The Morgan fingerprint density at radius 2 is 1.75 bits per heavy atom. The number of Topliss-reactive ketones (excluding diaryl/α,β-unsaturated/α-hetero) is 1. The number of rotatable bonds is 6. The van der Waals surface area contributed by atoms with Crippen molar-refractivity contribution in [3.05, 3.63) is 82.6 Å². The number of anilines is 1. The molecule has 2 heterocycles. The fourth-order valence-corrected chi connectivity index (χ4v) is 4.69. The van der Waals surface area contributed by atoms with Crippen LogP contribution in [0.1, 0.15) is 17.2 Å². The van der Waals surface area contributed by atoms with Crippen LogP contribution in [0.4, 0.5) is 5.69 Å². The summed E-state index contributed by atoms with van der Waals surface area (Å²) in [7, 11) is -1.20. The third-order valence-electron chi connectivity index (χ3n) is 5.62. The van der Waals surface area contributed by atoms with Crippen LogP contribution in [0.3, 0.4) is 0 Å². The summed E-state index contributed by atoms with van der Waals surface area (Å²) in [6, 6.07) is 10.1. The molecular weight excluding hydrogens is 510 g/mol. The normalized spacial score (nSPS) is 17.3. The number of amides is 1. The van der Waals surface area contributed by atoms with Gasteiger partial charge >= 0.3 is 0 Å². The fourth-order valence-electron chi connectivity index (χ4n) is 3.94. The van der Waals surface area contributed by atoms with Crippen LogP contribution in [-0.4, -0.2) is 44.4 Å². The van der Waals surface area contributed by atoms with Crippen LogP contribution < -0.4 is 19.5 Å². The van der Waals surface area contributed by atoms with E-state index in [0.29, 0.717) is 5.56 Å². The molecule has 4 rings (SSSR count). The van der Waals surface area contributed by atoms with Gasteiger partial charge < -0.3 is 14.6 Å². The van der Waals surface area contributed by atoms with E-state index in [4.69, 9.17) is 26.2 Å². The standard InChI is InChI=1S/C24H20ClN3O7S/c1-34-18-11-19(35-2)17(25)10-16(18)22(29)20-21(13-4-3-9-27-12-13)28(24(31)23(20)30)14-5-7-15(8-6-14)36(26,32)33/h3-12,21,29H,1-2H3,(H2,26,32,33)/b22-20+. The first-order valence-electron chi connectivity index (χ1n) is 10.3. The minimum atomic E-state index is -3.98. The first-order valence-corrected chi connectivity index (χ1v) is 12.3.